The molecule has 8 nitrogen and oxygen atoms in total. The predicted octanol–water partition coefficient (Wildman–Crippen LogP) is 2.15. The highest BCUT2D eigenvalue weighted by molar-refractivity contribution is 6.01. The van der Waals surface area contributed by atoms with E-state index >= 15 is 0 Å². The zero-order chi connectivity index (χ0) is 22.1. The Morgan fingerprint density at radius 3 is 2.47 bits per heavy atom. The van der Waals surface area contributed by atoms with Crippen molar-refractivity contribution < 1.29 is 31.9 Å². The van der Waals surface area contributed by atoms with Gasteiger partial charge in [0.15, 0.2) is 11.7 Å². The van der Waals surface area contributed by atoms with Crippen LogP contribution in [0.15, 0.2) is 36.5 Å². The Kier molecular flexibility index (Phi) is 5.69. The van der Waals surface area contributed by atoms with E-state index in [9.17, 15) is 27.2 Å². The van der Waals surface area contributed by atoms with Gasteiger partial charge in [0.1, 0.15) is 22.8 Å². The summed E-state index contributed by atoms with van der Waals surface area (Å²) in [7, 11) is 1.34. The van der Waals surface area contributed by atoms with Gasteiger partial charge in [-0.2, -0.15) is 18.3 Å². The first-order valence-electron chi connectivity index (χ1n) is 8.42. The molecule has 2 heterocycles. The number of nitrogens with two attached hydrogens (primary N) is 1. The first-order chi connectivity index (χ1) is 14.1. The molecule has 0 bridgehead atoms. The fourth-order valence-corrected chi connectivity index (χ4v) is 2.87. The molecule has 30 heavy (non-hydrogen) atoms. The molecule has 0 saturated carbocycles. The van der Waals surface area contributed by atoms with Gasteiger partial charge in [-0.25, -0.2) is 13.9 Å². The molecule has 1 atom stereocenters. The van der Waals surface area contributed by atoms with Crippen molar-refractivity contribution >= 4 is 17.5 Å². The maximum atomic E-state index is 13.5. The van der Waals surface area contributed by atoms with Gasteiger partial charge in [-0.1, -0.05) is 12.1 Å². The summed E-state index contributed by atoms with van der Waals surface area (Å²) in [5, 5.41) is 5.90. The van der Waals surface area contributed by atoms with Crippen molar-refractivity contribution in [1.82, 2.24) is 19.9 Å². The van der Waals surface area contributed by atoms with E-state index in [1.165, 1.54) is 7.11 Å². The summed E-state index contributed by atoms with van der Waals surface area (Å²) in [6.45, 7) is -0.135. The third kappa shape index (κ3) is 4.08. The molecule has 0 fully saturated rings. The fraction of sp³-hybridized carbons (Fsp3) is 0.222. The Labute approximate surface area is 166 Å². The fourth-order valence-electron chi connectivity index (χ4n) is 2.87. The number of hydrogen-bond acceptors (Lipinski definition) is 5. The van der Waals surface area contributed by atoms with Gasteiger partial charge in [-0.05, 0) is 23.8 Å². The highest BCUT2D eigenvalue weighted by Gasteiger charge is 2.42. The Hall–Kier alpha value is -3.54. The lowest BCUT2D eigenvalue weighted by molar-refractivity contribution is -0.155. The van der Waals surface area contributed by atoms with Crippen molar-refractivity contribution in [3.8, 4) is 0 Å². The summed E-state index contributed by atoms with van der Waals surface area (Å²) in [4.78, 5) is 28.4. The first kappa shape index (κ1) is 21.2. The molecule has 158 valence electrons. The molecule has 2 amide bonds. The van der Waals surface area contributed by atoms with Crippen LogP contribution in [0.2, 0.25) is 0 Å². The molecule has 2 aromatic heterocycles. The number of halogens is 4. The molecule has 0 radical (unpaired) electrons. The molecule has 0 saturated heterocycles. The summed E-state index contributed by atoms with van der Waals surface area (Å²) < 4.78 is 59.6. The number of methoxy groups -OCH3 is 1. The van der Waals surface area contributed by atoms with Crippen LogP contribution >= 0.6 is 0 Å². The second-order valence-corrected chi connectivity index (χ2v) is 6.18. The topological polar surface area (TPSA) is 112 Å². The summed E-state index contributed by atoms with van der Waals surface area (Å²) in [5.74, 6) is -2.75. The molecule has 1 aromatic carbocycles. The minimum atomic E-state index is -4.86. The minimum absolute atomic E-state index is 0.0728. The van der Waals surface area contributed by atoms with Crippen LogP contribution in [0.3, 0.4) is 0 Å². The van der Waals surface area contributed by atoms with Crippen LogP contribution < -0.4 is 11.1 Å². The third-order valence-corrected chi connectivity index (χ3v) is 4.16. The number of nitrogens with zero attached hydrogens (tertiary/aromatic N) is 3. The summed E-state index contributed by atoms with van der Waals surface area (Å²) in [6.07, 6.45) is -3.72. The molecule has 0 aliphatic carbocycles. The number of nitrogens with one attached hydrogen (secondary N) is 1. The summed E-state index contributed by atoms with van der Waals surface area (Å²) >= 11 is 0. The van der Waals surface area contributed by atoms with Gasteiger partial charge >= 0.3 is 6.18 Å². The smallest absolute Gasteiger partial charge is 0.378 e. The number of alkyl halides is 3. The normalized spacial score (nSPS) is 12.7. The van der Waals surface area contributed by atoms with Crippen molar-refractivity contribution in [1.29, 1.82) is 0 Å². The number of primary amides is 1. The number of amides is 2. The Morgan fingerprint density at radius 2 is 1.90 bits per heavy atom. The summed E-state index contributed by atoms with van der Waals surface area (Å²) in [5.41, 5.74) is 4.52. The molecule has 3 aromatic rings. The molecule has 3 N–H and O–H groups in total. The van der Waals surface area contributed by atoms with Gasteiger partial charge in [0.2, 0.25) is 0 Å². The Bertz CT molecular complexity index is 1100. The lowest BCUT2D eigenvalue weighted by Gasteiger charge is -2.22. The second-order valence-electron chi connectivity index (χ2n) is 6.18. The van der Waals surface area contributed by atoms with Crippen LogP contribution in [-0.2, 0) is 11.3 Å². The maximum absolute atomic E-state index is 13.5. The molecule has 0 aliphatic heterocycles. The largest absolute Gasteiger partial charge is 0.412 e. The van der Waals surface area contributed by atoms with Crippen LogP contribution in [0.1, 0.15) is 38.1 Å². The molecule has 3 rings (SSSR count). The van der Waals surface area contributed by atoms with Crippen LogP contribution in [0.5, 0.6) is 0 Å². The zero-order valence-corrected chi connectivity index (χ0v) is 15.4. The van der Waals surface area contributed by atoms with E-state index in [0.29, 0.717) is 0 Å². The van der Waals surface area contributed by atoms with Crippen LogP contribution in [0, 0.1) is 5.82 Å². The Balaban J connectivity index is 2.04. The highest BCUT2D eigenvalue weighted by Crippen LogP contribution is 2.33. The number of fused-ring (bicyclic) bond motifs is 1. The van der Waals surface area contributed by atoms with Crippen molar-refractivity contribution in [3.05, 3.63) is 64.9 Å². The lowest BCUT2D eigenvalue weighted by atomic mass is 10.1. The third-order valence-electron chi connectivity index (χ3n) is 4.16. The van der Waals surface area contributed by atoms with Crippen molar-refractivity contribution in [2.24, 2.45) is 5.73 Å². The lowest BCUT2D eigenvalue weighted by Crippen LogP contribution is -2.39. The van der Waals surface area contributed by atoms with Gasteiger partial charge < -0.3 is 15.8 Å². The van der Waals surface area contributed by atoms with E-state index in [2.05, 4.69) is 10.1 Å². The minimum Gasteiger partial charge on any atom is -0.378 e. The number of rotatable bonds is 6. The van der Waals surface area contributed by atoms with Crippen LogP contribution in [-0.4, -0.2) is 39.7 Å². The quantitative estimate of drug-likeness (QED) is 0.588. The van der Waals surface area contributed by atoms with Crippen molar-refractivity contribution in [2.45, 2.75) is 18.8 Å². The number of hydrogen-bond donors (Lipinski definition) is 2. The molecule has 1 unspecified atom stereocenters. The van der Waals surface area contributed by atoms with E-state index in [1.807, 2.05) is 5.32 Å². The summed E-state index contributed by atoms with van der Waals surface area (Å²) in [6, 6.07) is 2.29. The molecular weight excluding hydrogens is 410 g/mol. The highest BCUT2D eigenvalue weighted by atomic mass is 19.4. The number of ether oxygens (including phenoxy) is 1. The second kappa shape index (κ2) is 8.06. The van der Waals surface area contributed by atoms with Crippen LogP contribution in [0.4, 0.5) is 17.6 Å². The van der Waals surface area contributed by atoms with Gasteiger partial charge in [0, 0.05) is 13.3 Å². The van der Waals surface area contributed by atoms with Gasteiger partial charge in [-0.15, -0.1) is 0 Å². The van der Waals surface area contributed by atoms with E-state index in [-0.39, 0.29) is 34.8 Å². The van der Waals surface area contributed by atoms with E-state index in [1.54, 1.807) is 0 Å². The number of carbonyl (C=O) groups is 2. The predicted molar refractivity (Wildman–Crippen MR) is 94.9 cm³/mol. The van der Waals surface area contributed by atoms with Crippen molar-refractivity contribution in [3.63, 3.8) is 0 Å². The maximum Gasteiger partial charge on any atom is 0.412 e. The van der Waals surface area contributed by atoms with Gasteiger partial charge in [-0.3, -0.25) is 9.59 Å². The zero-order valence-electron chi connectivity index (χ0n) is 15.4. The average Bonchev–Trinajstić information content (AvgIpc) is 3.04. The monoisotopic (exact) mass is 425 g/mol. The van der Waals surface area contributed by atoms with E-state index in [4.69, 9.17) is 10.5 Å². The average molecular weight is 425 g/mol. The van der Waals surface area contributed by atoms with Crippen molar-refractivity contribution in [2.75, 3.05) is 7.11 Å². The SMILES string of the molecule is COCc1nn2c(C(=O)NC(c3ccc(F)cc3)C(F)(F)F)ccnc2c1C(N)=O. The molecule has 12 heteroatoms. The number of carbonyl (C=O) groups excluding carboxylic acids is 2. The number of benzene rings is 1. The molecule has 0 spiro atoms. The number of aromatic nitrogens is 3. The standard InChI is InChI=1S/C18H15F4N5O3/c1-30-8-11-13(15(23)28)16-24-7-6-12(27(16)26-11)17(29)25-14(18(20,21)22)9-2-4-10(19)5-3-9/h2-7,14H,8H2,1H3,(H2,23,28)(H,25,29). The van der Waals surface area contributed by atoms with Gasteiger partial charge in [0.25, 0.3) is 11.8 Å². The molecular formula is C18H15F4N5O3. The Morgan fingerprint density at radius 1 is 1.23 bits per heavy atom. The van der Waals surface area contributed by atoms with Gasteiger partial charge in [0.05, 0.1) is 6.61 Å². The van der Waals surface area contributed by atoms with E-state index < -0.39 is 29.8 Å². The van der Waals surface area contributed by atoms with E-state index in [0.717, 1.165) is 41.0 Å². The molecule has 0 aliphatic rings. The van der Waals surface area contributed by atoms with Crippen LogP contribution in [0.25, 0.3) is 5.65 Å². The first-order valence-corrected chi connectivity index (χ1v) is 8.42.